The highest BCUT2D eigenvalue weighted by molar-refractivity contribution is 5.88. The number of fused-ring (bicyclic) bond motifs is 1. The van der Waals surface area contributed by atoms with E-state index in [0.29, 0.717) is 18.4 Å². The zero-order valence-corrected chi connectivity index (χ0v) is 24.6. The van der Waals surface area contributed by atoms with Crippen LogP contribution in [0.2, 0.25) is 0 Å². The summed E-state index contributed by atoms with van der Waals surface area (Å²) < 4.78 is 18.1. The summed E-state index contributed by atoms with van der Waals surface area (Å²) in [6.45, 7) is 14.8. The van der Waals surface area contributed by atoms with Gasteiger partial charge in [-0.05, 0) is 41.4 Å². The molecule has 4 fully saturated rings. The third-order valence-electron chi connectivity index (χ3n) is 11.2. The molecule has 0 unspecified atom stereocenters. The van der Waals surface area contributed by atoms with Gasteiger partial charge in [0.15, 0.2) is 0 Å². The summed E-state index contributed by atoms with van der Waals surface area (Å²) in [7, 11) is 0. The molecule has 1 aromatic carbocycles. The normalized spacial score (nSPS) is 40.6. The lowest BCUT2D eigenvalue weighted by atomic mass is 9.42. The van der Waals surface area contributed by atoms with Crippen LogP contribution in [0.4, 0.5) is 0 Å². The first-order valence-corrected chi connectivity index (χ1v) is 14.4. The maximum atomic E-state index is 13.7. The summed E-state index contributed by atoms with van der Waals surface area (Å²) in [5, 5.41) is 12.4. The van der Waals surface area contributed by atoms with E-state index in [1.165, 1.54) is 19.9 Å². The highest BCUT2D eigenvalue weighted by Crippen LogP contribution is 2.86. The molecule has 0 aliphatic heterocycles. The van der Waals surface area contributed by atoms with E-state index in [4.69, 9.17) is 14.2 Å². The third kappa shape index (κ3) is 3.62. The SMILES string of the molecule is C=C1[C@@H](OC(=O)C=Cc2ccccc2)CC[C@@]2(C)[C@@H](OC(C)=O)[C@H](OC(C)=O)[C@@]34[C@H](C)C(=O)C[C@@H]([C@@H](O)[C@]132)C4(C)C. The minimum atomic E-state index is -1.26. The molecule has 8 heteroatoms. The number of ether oxygens (including phenoxy) is 3. The second kappa shape index (κ2) is 9.65. The molecule has 41 heavy (non-hydrogen) atoms. The first-order chi connectivity index (χ1) is 19.2. The van der Waals surface area contributed by atoms with E-state index in [1.54, 1.807) is 6.08 Å². The van der Waals surface area contributed by atoms with Crippen LogP contribution in [0, 0.1) is 33.5 Å². The Morgan fingerprint density at radius 2 is 1.61 bits per heavy atom. The number of aliphatic hydroxyl groups excluding tert-OH is 1. The summed E-state index contributed by atoms with van der Waals surface area (Å²) >= 11 is 0. The molecule has 4 aliphatic carbocycles. The van der Waals surface area contributed by atoms with Crippen LogP contribution in [0.15, 0.2) is 48.6 Å². The summed E-state index contributed by atoms with van der Waals surface area (Å²) in [5.41, 5.74) is -2.82. The quantitative estimate of drug-likeness (QED) is 0.242. The second-order valence-electron chi connectivity index (χ2n) is 13.1. The molecule has 1 aromatic rings. The van der Waals surface area contributed by atoms with Crippen molar-refractivity contribution in [3.05, 3.63) is 54.1 Å². The molecule has 0 amide bonds. The number of esters is 3. The van der Waals surface area contributed by atoms with E-state index >= 15 is 0 Å². The Morgan fingerprint density at radius 3 is 2.22 bits per heavy atom. The molecule has 220 valence electrons. The zero-order valence-electron chi connectivity index (χ0n) is 24.6. The van der Waals surface area contributed by atoms with Crippen LogP contribution in [0.1, 0.15) is 66.4 Å². The first kappa shape index (κ1) is 29.2. The predicted octanol–water partition coefficient (Wildman–Crippen LogP) is 4.44. The van der Waals surface area contributed by atoms with Crippen LogP contribution in [-0.2, 0) is 33.4 Å². The summed E-state index contributed by atoms with van der Waals surface area (Å²) in [6, 6.07) is 9.37. The molecule has 0 aromatic heterocycles. The standard InChI is InChI=1S/C33H40O8/c1-18-24(36)17-23-27(38)32-19(2)25(41-26(37)14-13-22-11-9-8-10-12-22)15-16-31(32,7)28(39-20(3)34)29(40-21(4)35)33(18,32)30(23,5)6/h8-14,18,23,25,27-29,38H,2,15-17H2,1,3-7H3/t18-,23+,25+,27-,28+,29+,31+,32+,33-/m1/s1. The number of carbonyl (C=O) groups is 4. The predicted molar refractivity (Wildman–Crippen MR) is 150 cm³/mol. The van der Waals surface area contributed by atoms with Crippen molar-refractivity contribution in [1.29, 1.82) is 0 Å². The van der Waals surface area contributed by atoms with Crippen molar-refractivity contribution < 1.29 is 38.5 Å². The Bertz CT molecular complexity index is 1330. The number of rotatable bonds is 5. The van der Waals surface area contributed by atoms with Gasteiger partial charge in [-0.1, -0.05) is 64.6 Å². The Kier molecular flexibility index (Phi) is 6.88. The van der Waals surface area contributed by atoms with Crippen molar-refractivity contribution in [3.63, 3.8) is 0 Å². The third-order valence-corrected chi connectivity index (χ3v) is 11.2. The van der Waals surface area contributed by atoms with E-state index in [2.05, 4.69) is 6.58 Å². The van der Waals surface area contributed by atoms with Gasteiger partial charge >= 0.3 is 17.9 Å². The number of benzene rings is 1. The van der Waals surface area contributed by atoms with Crippen molar-refractivity contribution in [1.82, 2.24) is 0 Å². The fourth-order valence-electron chi connectivity index (χ4n) is 9.88. The average molecular weight is 565 g/mol. The second-order valence-corrected chi connectivity index (χ2v) is 13.1. The van der Waals surface area contributed by atoms with Crippen LogP contribution in [-0.4, -0.2) is 53.2 Å². The van der Waals surface area contributed by atoms with Gasteiger partial charge in [-0.25, -0.2) is 4.79 Å². The molecule has 4 saturated carbocycles. The summed E-state index contributed by atoms with van der Waals surface area (Å²) in [4.78, 5) is 51.9. The molecule has 2 bridgehead atoms. The van der Waals surface area contributed by atoms with Gasteiger partial charge in [0.05, 0.1) is 6.10 Å². The number of carbonyl (C=O) groups excluding carboxylic acids is 4. The number of hydrogen-bond donors (Lipinski definition) is 1. The van der Waals surface area contributed by atoms with Crippen LogP contribution in [0.5, 0.6) is 0 Å². The van der Waals surface area contributed by atoms with Crippen molar-refractivity contribution >= 4 is 29.8 Å². The summed E-state index contributed by atoms with van der Waals surface area (Å²) in [5.74, 6) is -2.86. The lowest BCUT2D eigenvalue weighted by Gasteiger charge is -2.60. The molecule has 5 rings (SSSR count). The van der Waals surface area contributed by atoms with Crippen LogP contribution in [0.3, 0.4) is 0 Å². The molecule has 0 radical (unpaired) electrons. The zero-order chi connectivity index (χ0) is 30.1. The summed E-state index contributed by atoms with van der Waals surface area (Å²) in [6.07, 6.45) is 0.123. The van der Waals surface area contributed by atoms with Crippen LogP contribution >= 0.6 is 0 Å². The maximum absolute atomic E-state index is 13.7. The van der Waals surface area contributed by atoms with Gasteiger partial charge in [0.2, 0.25) is 0 Å². The lowest BCUT2D eigenvalue weighted by Crippen LogP contribution is -2.63. The fourth-order valence-corrected chi connectivity index (χ4v) is 9.88. The molecule has 2 spiro atoms. The first-order valence-electron chi connectivity index (χ1n) is 14.4. The van der Waals surface area contributed by atoms with Crippen LogP contribution < -0.4 is 0 Å². The Hall–Kier alpha value is -3.26. The molecular weight excluding hydrogens is 524 g/mol. The largest absolute Gasteiger partial charge is 0.458 e. The Morgan fingerprint density at radius 1 is 1.00 bits per heavy atom. The smallest absolute Gasteiger partial charge is 0.331 e. The Labute approximate surface area is 241 Å². The number of ketones is 1. The van der Waals surface area contributed by atoms with E-state index in [1.807, 2.05) is 58.0 Å². The minimum Gasteiger partial charge on any atom is -0.458 e. The van der Waals surface area contributed by atoms with E-state index < -0.39 is 75.8 Å². The topological polar surface area (TPSA) is 116 Å². The molecular formula is C33H40O8. The molecule has 8 nitrogen and oxygen atoms in total. The van der Waals surface area contributed by atoms with Gasteiger partial charge in [-0.3, -0.25) is 14.4 Å². The number of Topliss-reactive ketones (excluding diaryl/α,β-unsaturated/α-hetero) is 1. The Balaban J connectivity index is 1.67. The van der Waals surface area contributed by atoms with Gasteiger partial charge in [0, 0.05) is 48.5 Å². The molecule has 0 saturated heterocycles. The lowest BCUT2D eigenvalue weighted by molar-refractivity contribution is -0.194. The van der Waals surface area contributed by atoms with Crippen molar-refractivity contribution in [2.75, 3.05) is 0 Å². The molecule has 4 aliphatic rings. The van der Waals surface area contributed by atoms with Crippen molar-refractivity contribution in [2.45, 2.75) is 85.2 Å². The van der Waals surface area contributed by atoms with E-state index in [9.17, 15) is 24.3 Å². The fraction of sp³-hybridized carbons (Fsp3) is 0.576. The van der Waals surface area contributed by atoms with E-state index in [-0.39, 0.29) is 12.2 Å². The average Bonchev–Trinajstić information content (AvgIpc) is 3.14. The van der Waals surface area contributed by atoms with Gasteiger partial charge < -0.3 is 19.3 Å². The van der Waals surface area contributed by atoms with Gasteiger partial charge in [0.25, 0.3) is 0 Å². The molecule has 0 heterocycles. The van der Waals surface area contributed by atoms with Crippen LogP contribution in [0.25, 0.3) is 6.08 Å². The molecule has 1 N–H and O–H groups in total. The maximum Gasteiger partial charge on any atom is 0.331 e. The minimum absolute atomic E-state index is 0.0501. The van der Waals surface area contributed by atoms with Crippen molar-refractivity contribution in [2.24, 2.45) is 33.5 Å². The van der Waals surface area contributed by atoms with Gasteiger partial charge in [0.1, 0.15) is 24.1 Å². The van der Waals surface area contributed by atoms with Crippen molar-refractivity contribution in [3.8, 4) is 0 Å². The number of hydrogen-bond acceptors (Lipinski definition) is 8. The number of aliphatic hydroxyl groups is 1. The highest BCUT2D eigenvalue weighted by Gasteiger charge is 2.91. The van der Waals surface area contributed by atoms with Gasteiger partial charge in [-0.15, -0.1) is 0 Å². The molecule has 9 atom stereocenters. The monoisotopic (exact) mass is 564 g/mol. The van der Waals surface area contributed by atoms with Gasteiger partial charge in [-0.2, -0.15) is 0 Å². The van der Waals surface area contributed by atoms with E-state index in [0.717, 1.165) is 5.56 Å². The highest BCUT2D eigenvalue weighted by atomic mass is 16.6.